The third-order valence-corrected chi connectivity index (χ3v) is 4.62. The van der Waals surface area contributed by atoms with Crippen LogP contribution in [0.5, 0.6) is 0 Å². The number of thioether (sulfide) groups is 1. The Kier molecular flexibility index (Phi) is 6.69. The van der Waals surface area contributed by atoms with E-state index >= 15 is 0 Å². The molecule has 0 heterocycles. The highest BCUT2D eigenvalue weighted by atomic mass is 32.2. The van der Waals surface area contributed by atoms with Crippen LogP contribution in [0.15, 0.2) is 0 Å². The first-order valence-corrected chi connectivity index (χ1v) is 7.60. The van der Waals surface area contributed by atoms with E-state index in [0.29, 0.717) is 0 Å². The van der Waals surface area contributed by atoms with E-state index in [1.807, 2.05) is 6.92 Å². The number of hydrogen-bond donors (Lipinski definition) is 3. The molecule has 0 radical (unpaired) electrons. The molecule has 5 nitrogen and oxygen atoms in total. The van der Waals surface area contributed by atoms with E-state index < -0.39 is 16.9 Å². The van der Waals surface area contributed by atoms with Crippen LogP contribution in [0.3, 0.4) is 0 Å². The number of urea groups is 1. The van der Waals surface area contributed by atoms with Gasteiger partial charge in [0.2, 0.25) is 0 Å². The van der Waals surface area contributed by atoms with Crippen molar-refractivity contribution in [2.75, 3.05) is 11.5 Å². The van der Waals surface area contributed by atoms with Gasteiger partial charge in [-0.2, -0.15) is 11.8 Å². The number of carboxylic acid groups (broad SMARTS) is 1. The molecule has 0 aliphatic heterocycles. The van der Waals surface area contributed by atoms with Crippen LogP contribution in [-0.4, -0.2) is 40.2 Å². The van der Waals surface area contributed by atoms with Gasteiger partial charge in [-0.25, -0.2) is 4.79 Å². The van der Waals surface area contributed by atoms with Crippen LogP contribution >= 0.6 is 11.8 Å². The van der Waals surface area contributed by atoms with E-state index in [1.165, 1.54) is 0 Å². The highest BCUT2D eigenvalue weighted by Gasteiger charge is 2.44. The second-order valence-electron chi connectivity index (χ2n) is 5.71. The second-order valence-corrected chi connectivity index (χ2v) is 7.03. The summed E-state index contributed by atoms with van der Waals surface area (Å²) in [4.78, 5) is 23.1. The van der Waals surface area contributed by atoms with Gasteiger partial charge in [-0.3, -0.25) is 4.79 Å². The SMILES string of the molecule is CCSCC(C)NC(=O)NC(C)(C)C(C)(C)C(=O)O. The van der Waals surface area contributed by atoms with Crippen LogP contribution in [-0.2, 0) is 4.79 Å². The molecule has 0 aromatic carbocycles. The number of carboxylic acids is 1. The minimum absolute atomic E-state index is 0.0497. The first kappa shape index (κ1) is 18.1. The molecular formula is C13H26N2O3S. The predicted molar refractivity (Wildman–Crippen MR) is 79.6 cm³/mol. The van der Waals surface area contributed by atoms with E-state index in [9.17, 15) is 14.7 Å². The third-order valence-electron chi connectivity index (χ3n) is 3.47. The number of carbonyl (C=O) groups excluding carboxylic acids is 1. The maximum atomic E-state index is 11.9. The minimum atomic E-state index is -1.05. The molecule has 3 N–H and O–H groups in total. The Balaban J connectivity index is 4.51. The quantitative estimate of drug-likeness (QED) is 0.672. The Labute approximate surface area is 119 Å². The van der Waals surface area contributed by atoms with Crippen molar-refractivity contribution in [1.82, 2.24) is 10.6 Å². The summed E-state index contributed by atoms with van der Waals surface area (Å²) in [6, 6.07) is -0.280. The fourth-order valence-electron chi connectivity index (χ4n) is 1.30. The van der Waals surface area contributed by atoms with Crippen LogP contribution in [0, 0.1) is 5.41 Å². The summed E-state index contributed by atoms with van der Waals surface area (Å²) in [6.45, 7) is 10.6. The van der Waals surface area contributed by atoms with Gasteiger partial charge >= 0.3 is 12.0 Å². The molecule has 0 saturated carbocycles. The van der Waals surface area contributed by atoms with Crippen molar-refractivity contribution in [3.63, 3.8) is 0 Å². The molecule has 0 aromatic heterocycles. The molecule has 0 aliphatic rings. The minimum Gasteiger partial charge on any atom is -0.481 e. The number of aliphatic carboxylic acids is 1. The van der Waals surface area contributed by atoms with E-state index in [-0.39, 0.29) is 12.1 Å². The zero-order chi connectivity index (χ0) is 15.3. The van der Waals surface area contributed by atoms with Crippen molar-refractivity contribution in [3.05, 3.63) is 0 Å². The molecule has 0 saturated heterocycles. The van der Waals surface area contributed by atoms with Gasteiger partial charge in [0.25, 0.3) is 0 Å². The van der Waals surface area contributed by atoms with Gasteiger partial charge < -0.3 is 15.7 Å². The van der Waals surface area contributed by atoms with Crippen LogP contribution in [0.2, 0.25) is 0 Å². The summed E-state index contributed by atoms with van der Waals surface area (Å²) in [7, 11) is 0. The van der Waals surface area contributed by atoms with Gasteiger partial charge in [0.15, 0.2) is 0 Å². The number of carbonyl (C=O) groups is 2. The summed E-state index contributed by atoms with van der Waals surface area (Å²) in [5.41, 5.74) is -1.90. The monoisotopic (exact) mass is 290 g/mol. The molecule has 1 atom stereocenters. The molecule has 0 bridgehead atoms. The average molecular weight is 290 g/mol. The van der Waals surface area contributed by atoms with Crippen LogP contribution in [0.4, 0.5) is 4.79 Å². The third kappa shape index (κ3) is 5.30. The highest BCUT2D eigenvalue weighted by molar-refractivity contribution is 7.99. The molecule has 0 aromatic rings. The lowest BCUT2D eigenvalue weighted by Gasteiger charge is -2.39. The lowest BCUT2D eigenvalue weighted by molar-refractivity contribution is -0.150. The van der Waals surface area contributed by atoms with Crippen molar-refractivity contribution in [2.24, 2.45) is 5.41 Å². The standard InChI is InChI=1S/C13H26N2O3S/c1-7-19-8-9(2)14-11(18)15-13(5,6)12(3,4)10(16)17/h9H,7-8H2,1-6H3,(H,16,17)(H2,14,15,18). The zero-order valence-electron chi connectivity index (χ0n) is 12.7. The van der Waals surface area contributed by atoms with Gasteiger partial charge in [0.1, 0.15) is 0 Å². The van der Waals surface area contributed by atoms with Gasteiger partial charge in [-0.05, 0) is 40.4 Å². The first-order valence-electron chi connectivity index (χ1n) is 6.44. The molecule has 2 amide bonds. The lowest BCUT2D eigenvalue weighted by Crippen LogP contribution is -2.59. The van der Waals surface area contributed by atoms with Crippen molar-refractivity contribution < 1.29 is 14.7 Å². The summed E-state index contributed by atoms with van der Waals surface area (Å²) >= 11 is 1.75. The van der Waals surface area contributed by atoms with Gasteiger partial charge in [-0.15, -0.1) is 0 Å². The number of hydrogen-bond acceptors (Lipinski definition) is 3. The Hall–Kier alpha value is -0.910. The van der Waals surface area contributed by atoms with Gasteiger partial charge in [0, 0.05) is 11.8 Å². The smallest absolute Gasteiger partial charge is 0.315 e. The normalized spacial score (nSPS) is 13.8. The maximum absolute atomic E-state index is 11.9. The molecule has 0 rings (SSSR count). The second kappa shape index (κ2) is 7.03. The summed E-state index contributed by atoms with van der Waals surface area (Å²) in [5.74, 6) is 0.907. The molecule has 19 heavy (non-hydrogen) atoms. The number of rotatable bonds is 7. The fourth-order valence-corrected chi connectivity index (χ4v) is 1.98. The molecular weight excluding hydrogens is 264 g/mol. The Morgan fingerprint density at radius 3 is 2.21 bits per heavy atom. The van der Waals surface area contributed by atoms with Crippen LogP contribution < -0.4 is 10.6 Å². The Bertz CT molecular complexity index is 330. The van der Waals surface area contributed by atoms with E-state index in [2.05, 4.69) is 17.6 Å². The van der Waals surface area contributed by atoms with Crippen molar-refractivity contribution in [3.8, 4) is 0 Å². The molecule has 1 unspecified atom stereocenters. The Morgan fingerprint density at radius 1 is 1.26 bits per heavy atom. The van der Waals surface area contributed by atoms with Gasteiger partial charge in [-0.1, -0.05) is 6.92 Å². The lowest BCUT2D eigenvalue weighted by atomic mass is 9.74. The topological polar surface area (TPSA) is 78.4 Å². The fraction of sp³-hybridized carbons (Fsp3) is 0.846. The van der Waals surface area contributed by atoms with Crippen LogP contribution in [0.1, 0.15) is 41.5 Å². The number of amides is 2. The largest absolute Gasteiger partial charge is 0.481 e. The van der Waals surface area contributed by atoms with E-state index in [0.717, 1.165) is 11.5 Å². The number of nitrogens with one attached hydrogen (secondary N) is 2. The summed E-state index contributed by atoms with van der Waals surface area (Å²) in [6.07, 6.45) is 0. The van der Waals surface area contributed by atoms with Crippen molar-refractivity contribution in [1.29, 1.82) is 0 Å². The van der Waals surface area contributed by atoms with Crippen molar-refractivity contribution in [2.45, 2.75) is 53.1 Å². The summed E-state index contributed by atoms with van der Waals surface area (Å²) < 4.78 is 0. The first-order chi connectivity index (χ1) is 8.54. The van der Waals surface area contributed by atoms with Gasteiger partial charge in [0.05, 0.1) is 11.0 Å². The van der Waals surface area contributed by atoms with Crippen LogP contribution in [0.25, 0.3) is 0 Å². The highest BCUT2D eigenvalue weighted by Crippen LogP contribution is 2.30. The molecule has 0 aliphatic carbocycles. The Morgan fingerprint density at radius 2 is 1.79 bits per heavy atom. The maximum Gasteiger partial charge on any atom is 0.315 e. The average Bonchev–Trinajstić information content (AvgIpc) is 2.24. The van der Waals surface area contributed by atoms with E-state index in [4.69, 9.17) is 0 Å². The van der Waals surface area contributed by atoms with Crippen molar-refractivity contribution >= 4 is 23.8 Å². The molecule has 0 spiro atoms. The molecule has 6 heteroatoms. The zero-order valence-corrected chi connectivity index (χ0v) is 13.5. The molecule has 0 fully saturated rings. The van der Waals surface area contributed by atoms with E-state index in [1.54, 1.807) is 39.5 Å². The summed E-state index contributed by atoms with van der Waals surface area (Å²) in [5, 5.41) is 14.8. The molecule has 112 valence electrons. The predicted octanol–water partition coefficient (Wildman–Crippen LogP) is 2.32.